The van der Waals surface area contributed by atoms with Crippen molar-refractivity contribution in [2.24, 2.45) is 51.6 Å². The van der Waals surface area contributed by atoms with Crippen molar-refractivity contribution in [3.63, 3.8) is 0 Å². The van der Waals surface area contributed by atoms with Gasteiger partial charge in [0.05, 0.1) is 18.5 Å². The van der Waals surface area contributed by atoms with E-state index in [-0.39, 0.29) is 238 Å². The number of hydrogen-bond donors (Lipinski definition) is 36. The fourth-order valence-electron chi connectivity index (χ4n) is 12.9. The molecular formula is C78H124N34O17S. The Morgan fingerprint density at radius 2 is 0.754 bits per heavy atom. The van der Waals surface area contributed by atoms with Gasteiger partial charge in [0, 0.05) is 99.5 Å². The van der Waals surface area contributed by atoms with Gasteiger partial charge in [-0.05, 0) is 170 Å². The molecule has 0 saturated carbocycles. The van der Waals surface area contributed by atoms with Crippen LogP contribution in [0.1, 0.15) is 139 Å². The molecule has 2 aliphatic rings. The minimum absolute atomic E-state index is 0.00320. The highest BCUT2D eigenvalue weighted by Crippen LogP contribution is 2.42. The number of nitrogens with two attached hydrogens (primary N) is 9. The van der Waals surface area contributed by atoms with Gasteiger partial charge in [0.2, 0.25) is 59.1 Å². The number of rotatable bonds is 60. The minimum atomic E-state index is -1.58. The number of hydrogen-bond acceptors (Lipinski definition) is 25. The lowest BCUT2D eigenvalue weighted by Crippen LogP contribution is -2.60. The third-order valence-corrected chi connectivity index (χ3v) is 19.5. The van der Waals surface area contributed by atoms with Crippen molar-refractivity contribution < 1.29 is 76.9 Å². The molecule has 2 aromatic carbocycles. The molecule has 0 bridgehead atoms. The summed E-state index contributed by atoms with van der Waals surface area (Å²) < 4.78 is 11.2. The van der Waals surface area contributed by atoms with Crippen molar-refractivity contribution in [1.29, 1.82) is 37.9 Å². The van der Waals surface area contributed by atoms with Crippen LogP contribution in [0.4, 0.5) is 5.69 Å². The number of primary amides is 1. The molecule has 1 aliphatic heterocycles. The molecule has 2 aromatic rings. The zero-order valence-corrected chi connectivity index (χ0v) is 72.7. The standard InChI is InChI=1S/C78H124N34O17S/c79-27-1-10-49(105-59(116)25-26-60(117)128-37-36-103-78(130)104-41-19-22-44(47(38-41)70(126)127)61-45-23-20-42(113)39-56(45)129-57-40-43(114)21-24-46(57)61)63(119)95-28-9-18-58(115)106-50(12-3-30-97-72(83)84)64(120)108-52(14-5-32-99-74(87)88)66(122)110-54(16-7-34-101-76(91)92)68(124)112-55(17-8-35-102-77(93)94)69(125)111-53(15-6-33-100-75(89)90)67(123)109-51(13-4-31-98-73(85)86)65(121)107-48(62(80)118)11-2-29-96-71(81)82/h19-24,38-40,48-55,113H,1-18,25-37,79H2,(H2,80,118)(H,95,119)(H,105,116)(H,106,115)(H,107,121)(H,108,120)(H,109,123)(H,110,122)(H,111,125)(H,112,124)(H,126,127)(H4,81,82,96)(H4,83,84,97)(H4,85,86,98)(H4,87,88,99)(H4,89,90,100)(H4,91,92,101)(H4,93,94,102)(H2,103,104,130)/t48-,49?,50-,51-,52-,53-,54-,55-/m1/s1. The van der Waals surface area contributed by atoms with Crippen LogP contribution in [-0.2, 0) is 57.5 Å². The third kappa shape index (κ3) is 41.9. The van der Waals surface area contributed by atoms with Crippen molar-refractivity contribution in [2.45, 2.75) is 177 Å². The molecule has 1 aliphatic carbocycles. The average Bonchev–Trinajstić information content (AvgIpc) is 0.746. The maximum atomic E-state index is 14.9. The Hall–Kier alpha value is -14.9. The number of ether oxygens (including phenoxy) is 1. The van der Waals surface area contributed by atoms with Crippen molar-refractivity contribution in [1.82, 2.24) is 90.4 Å². The lowest BCUT2D eigenvalue weighted by Gasteiger charge is -2.28. The molecular weight excluding hydrogens is 1720 g/mol. The van der Waals surface area contributed by atoms with Crippen molar-refractivity contribution in [3.05, 3.63) is 70.4 Å². The first kappa shape index (κ1) is 107. The summed E-state index contributed by atoms with van der Waals surface area (Å²) in [5.41, 5.74) is 51.1. The van der Waals surface area contributed by atoms with Crippen LogP contribution >= 0.6 is 12.2 Å². The lowest BCUT2D eigenvalue weighted by molar-refractivity contribution is -0.145. The molecule has 714 valence electrons. The van der Waals surface area contributed by atoms with Gasteiger partial charge in [-0.2, -0.15) is 0 Å². The molecule has 8 atom stereocenters. The highest BCUT2D eigenvalue weighted by atomic mass is 32.1. The molecule has 1 heterocycles. The van der Waals surface area contributed by atoms with Crippen LogP contribution in [0.25, 0.3) is 33.4 Å². The van der Waals surface area contributed by atoms with Gasteiger partial charge < -0.3 is 167 Å². The van der Waals surface area contributed by atoms with Crippen LogP contribution in [0.2, 0.25) is 0 Å². The first-order valence-corrected chi connectivity index (χ1v) is 42.2. The van der Waals surface area contributed by atoms with E-state index >= 15 is 0 Å². The van der Waals surface area contributed by atoms with Crippen LogP contribution in [0.5, 0.6) is 5.75 Å². The minimum Gasteiger partial charge on any atom is -0.508 e. The van der Waals surface area contributed by atoms with Gasteiger partial charge in [-0.1, -0.05) is 6.07 Å². The largest absolute Gasteiger partial charge is 0.508 e. The molecule has 45 N–H and O–H groups in total. The van der Waals surface area contributed by atoms with Gasteiger partial charge in [-0.15, -0.1) is 0 Å². The van der Waals surface area contributed by atoms with Gasteiger partial charge in [0.25, 0.3) is 0 Å². The van der Waals surface area contributed by atoms with Gasteiger partial charge in [0.15, 0.2) is 52.3 Å². The molecule has 0 fully saturated rings. The summed E-state index contributed by atoms with van der Waals surface area (Å²) in [5.74, 6) is -13.6. The van der Waals surface area contributed by atoms with E-state index in [1.807, 2.05) is 0 Å². The number of esters is 1. The van der Waals surface area contributed by atoms with Crippen LogP contribution in [-0.4, -0.2) is 248 Å². The van der Waals surface area contributed by atoms with Crippen molar-refractivity contribution in [2.75, 3.05) is 77.4 Å². The molecule has 0 saturated heterocycles. The van der Waals surface area contributed by atoms with E-state index in [9.17, 15) is 72.5 Å². The molecule has 0 radical (unpaired) electrons. The Kier molecular flexibility index (Phi) is 47.7. The van der Waals surface area contributed by atoms with Crippen molar-refractivity contribution in [3.8, 4) is 28.2 Å². The Morgan fingerprint density at radius 3 is 1.15 bits per heavy atom. The predicted molar refractivity (Wildman–Crippen MR) is 487 cm³/mol. The number of carboxylic acids is 1. The van der Waals surface area contributed by atoms with E-state index in [0.29, 0.717) is 16.5 Å². The number of nitrogens with one attached hydrogen (secondary N) is 25. The number of carboxylic acid groups (broad SMARTS) is 1. The van der Waals surface area contributed by atoms with Crippen LogP contribution in [0.3, 0.4) is 0 Å². The maximum absolute atomic E-state index is 14.9. The summed E-state index contributed by atoms with van der Waals surface area (Å²) in [6.45, 7) is -0.0885. The van der Waals surface area contributed by atoms with E-state index in [0.717, 1.165) is 0 Å². The first-order valence-electron chi connectivity index (χ1n) is 41.8. The molecule has 0 aromatic heterocycles. The Bertz CT molecular complexity index is 4650. The second-order valence-electron chi connectivity index (χ2n) is 29.7. The first-order chi connectivity index (χ1) is 61.7. The SMILES string of the molecule is N=C(N)NCCC[C@@H](NC(=O)[C@@H](CCCNC(=N)N)NC(=O)[C@@H](CCCNC(=N)N)NC(=O)[C@@H](CCCNC(=N)N)NC(=O)[C@@H](CCCNC(=N)N)NC(=O)[C@@H](CCCNC(=N)N)NC(=O)[C@@H](CCCNC(=N)N)NC(=O)CCCNC(=O)C(CCCN)NC(=O)CCC(=O)OCCNC(=S)Nc1ccc(-c2c3ccc(=O)cc-3oc3cc(O)ccc23)c(C(=O)O)c1)C(N)=O. The fraction of sp³-hybridized carbons (Fsp3) is 0.500. The van der Waals surface area contributed by atoms with E-state index in [1.54, 1.807) is 18.2 Å². The number of benzene rings is 3. The topological polar surface area (TPSA) is 902 Å². The average molecular weight is 1840 g/mol. The number of anilines is 1. The number of carbonyl (C=O) groups excluding carboxylic acids is 11. The van der Waals surface area contributed by atoms with Crippen LogP contribution in [0.15, 0.2) is 63.8 Å². The summed E-state index contributed by atoms with van der Waals surface area (Å²) in [5, 5.41) is 122. The lowest BCUT2D eigenvalue weighted by atomic mass is 9.90. The number of aromatic hydroxyl groups is 1. The number of guanidine groups is 7. The summed E-state index contributed by atoms with van der Waals surface area (Å²) in [4.78, 5) is 179. The van der Waals surface area contributed by atoms with Gasteiger partial charge in [-0.3, -0.25) is 95.4 Å². The summed E-state index contributed by atoms with van der Waals surface area (Å²) in [7, 11) is 0. The van der Waals surface area contributed by atoms with E-state index < -0.39 is 168 Å². The van der Waals surface area contributed by atoms with Crippen molar-refractivity contribution >= 4 is 147 Å². The van der Waals surface area contributed by atoms with E-state index in [4.69, 9.17) is 111 Å². The number of thiocarbonyl (C=S) groups is 1. The Labute approximate surface area is 752 Å². The summed E-state index contributed by atoms with van der Waals surface area (Å²) >= 11 is 5.42. The zero-order valence-electron chi connectivity index (χ0n) is 71.9. The molecule has 130 heavy (non-hydrogen) atoms. The second-order valence-corrected chi connectivity index (χ2v) is 30.1. The van der Waals surface area contributed by atoms with Crippen LogP contribution < -0.4 is 153 Å². The quantitative estimate of drug-likeness (QED) is 0.00488. The fourth-order valence-corrected chi connectivity index (χ4v) is 13.1. The number of carbonyl (C=O) groups is 12. The van der Waals surface area contributed by atoms with Gasteiger partial charge >= 0.3 is 11.9 Å². The zero-order chi connectivity index (χ0) is 96.4. The molecule has 1 unspecified atom stereocenters. The molecule has 4 rings (SSSR count). The number of aromatic carboxylic acids is 1. The highest BCUT2D eigenvalue weighted by Gasteiger charge is 2.35. The molecule has 10 amide bonds. The number of phenols is 1. The number of fused-ring (bicyclic) bond motifs is 2. The monoisotopic (exact) mass is 1840 g/mol. The Balaban J connectivity index is 1.47. The smallest absolute Gasteiger partial charge is 0.336 e. The third-order valence-electron chi connectivity index (χ3n) is 19.3. The molecule has 0 spiro atoms. The van der Waals surface area contributed by atoms with Gasteiger partial charge in [0.1, 0.15) is 72.0 Å². The molecule has 51 nitrogen and oxygen atoms in total. The Morgan fingerprint density at radius 1 is 0.392 bits per heavy atom. The van der Waals surface area contributed by atoms with Gasteiger partial charge in [-0.25, -0.2) is 4.79 Å². The molecule has 52 heteroatoms. The maximum Gasteiger partial charge on any atom is 0.336 e. The predicted octanol–water partition coefficient (Wildman–Crippen LogP) is -6.58. The number of phenolic OH excluding ortho intramolecular Hbond substituents is 1. The normalized spacial score (nSPS) is 12.6. The summed E-state index contributed by atoms with van der Waals surface area (Å²) in [6, 6.07) is 1.42. The number of amides is 10. The van der Waals surface area contributed by atoms with E-state index in [1.165, 1.54) is 36.4 Å². The van der Waals surface area contributed by atoms with E-state index in [2.05, 4.69) is 95.7 Å². The van der Waals surface area contributed by atoms with Crippen LogP contribution in [0, 0.1) is 37.9 Å². The highest BCUT2D eigenvalue weighted by molar-refractivity contribution is 7.80. The second kappa shape index (κ2) is 57.7. The summed E-state index contributed by atoms with van der Waals surface area (Å²) in [6.07, 6.45) is -1.42.